The molecule has 3 heteroatoms. The monoisotopic (exact) mass is 358 g/mol. The molecule has 4 aromatic rings. The van der Waals surface area contributed by atoms with Crippen LogP contribution < -0.4 is 0 Å². The molecule has 0 bridgehead atoms. The van der Waals surface area contributed by atoms with Crippen LogP contribution in [-0.2, 0) is 0 Å². The summed E-state index contributed by atoms with van der Waals surface area (Å²) in [6, 6.07) is 22.4. The number of nitrogens with one attached hydrogen (secondary N) is 1. The fourth-order valence-corrected chi connectivity index (χ4v) is 3.35. The maximum absolute atomic E-state index is 6.45. The van der Waals surface area contributed by atoms with E-state index in [0.717, 1.165) is 38.4 Å². The number of aliphatic imine (C=N–C) groups is 1. The Hall–Kier alpha value is -2.84. The van der Waals surface area contributed by atoms with Crippen LogP contribution in [0.2, 0.25) is 5.02 Å². The molecule has 0 saturated carbocycles. The summed E-state index contributed by atoms with van der Waals surface area (Å²) >= 11 is 6.45. The number of para-hydroxylation sites is 1. The first kappa shape index (κ1) is 16.6. The molecule has 3 aromatic carbocycles. The van der Waals surface area contributed by atoms with Gasteiger partial charge < -0.3 is 4.98 Å². The summed E-state index contributed by atoms with van der Waals surface area (Å²) in [7, 11) is 0. The first-order valence-corrected chi connectivity index (χ1v) is 8.98. The van der Waals surface area contributed by atoms with Gasteiger partial charge in [-0.2, -0.15) is 0 Å². The summed E-state index contributed by atoms with van der Waals surface area (Å²) in [5, 5.41) is 1.86. The van der Waals surface area contributed by atoms with Crippen LogP contribution >= 0.6 is 11.6 Å². The molecule has 0 aliphatic rings. The summed E-state index contributed by atoms with van der Waals surface area (Å²) < 4.78 is 0. The van der Waals surface area contributed by atoms with Crippen molar-refractivity contribution in [1.82, 2.24) is 4.98 Å². The van der Waals surface area contributed by atoms with E-state index in [4.69, 9.17) is 16.6 Å². The molecule has 0 radical (unpaired) electrons. The highest BCUT2D eigenvalue weighted by Gasteiger charge is 2.13. The Kier molecular flexibility index (Phi) is 4.36. The number of fused-ring (bicyclic) bond motifs is 1. The zero-order valence-electron chi connectivity index (χ0n) is 14.8. The minimum Gasteiger partial charge on any atom is -0.354 e. The van der Waals surface area contributed by atoms with Crippen molar-refractivity contribution < 1.29 is 0 Å². The Balaban J connectivity index is 1.88. The first-order valence-electron chi connectivity index (χ1n) is 8.60. The van der Waals surface area contributed by atoms with E-state index in [1.54, 1.807) is 0 Å². The second-order valence-electron chi connectivity index (χ2n) is 6.47. The Morgan fingerprint density at radius 2 is 1.65 bits per heavy atom. The van der Waals surface area contributed by atoms with E-state index in [-0.39, 0.29) is 0 Å². The van der Waals surface area contributed by atoms with E-state index in [1.165, 1.54) is 11.1 Å². The number of aromatic amines is 1. The number of hydrogen-bond acceptors (Lipinski definition) is 1. The SMILES string of the molecule is Cc1ccc(N=Cc2c(-c3ccccc3Cl)[nH]c3ccccc23)cc1C. The molecule has 0 unspecified atom stereocenters. The minimum absolute atomic E-state index is 0.722. The van der Waals surface area contributed by atoms with Gasteiger partial charge in [0.05, 0.1) is 11.4 Å². The second kappa shape index (κ2) is 6.81. The van der Waals surface area contributed by atoms with E-state index in [2.05, 4.69) is 43.1 Å². The topological polar surface area (TPSA) is 28.1 Å². The van der Waals surface area contributed by atoms with Gasteiger partial charge in [-0.15, -0.1) is 0 Å². The van der Waals surface area contributed by atoms with Crippen molar-refractivity contribution in [3.8, 4) is 11.3 Å². The van der Waals surface area contributed by atoms with Crippen LogP contribution in [0.15, 0.2) is 71.7 Å². The van der Waals surface area contributed by atoms with Gasteiger partial charge in [-0.3, -0.25) is 4.99 Å². The molecule has 128 valence electrons. The van der Waals surface area contributed by atoms with E-state index < -0.39 is 0 Å². The molecule has 0 fully saturated rings. The maximum Gasteiger partial charge on any atom is 0.0632 e. The van der Waals surface area contributed by atoms with Crippen molar-refractivity contribution in [2.45, 2.75) is 13.8 Å². The lowest BCUT2D eigenvalue weighted by atomic mass is 10.1. The van der Waals surface area contributed by atoms with Crippen LogP contribution in [0.4, 0.5) is 5.69 Å². The lowest BCUT2D eigenvalue weighted by Gasteiger charge is -2.04. The number of aromatic nitrogens is 1. The third-order valence-corrected chi connectivity index (χ3v) is 5.05. The van der Waals surface area contributed by atoms with Gasteiger partial charge in [-0.05, 0) is 49.2 Å². The summed E-state index contributed by atoms with van der Waals surface area (Å²) in [4.78, 5) is 8.23. The van der Waals surface area contributed by atoms with Crippen molar-refractivity contribution >= 4 is 34.4 Å². The van der Waals surface area contributed by atoms with Crippen molar-refractivity contribution in [3.05, 3.63) is 88.4 Å². The van der Waals surface area contributed by atoms with Crippen molar-refractivity contribution in [1.29, 1.82) is 0 Å². The molecule has 26 heavy (non-hydrogen) atoms. The predicted octanol–water partition coefficient (Wildman–Crippen LogP) is 6.86. The summed E-state index contributed by atoms with van der Waals surface area (Å²) in [6.45, 7) is 4.22. The highest BCUT2D eigenvalue weighted by Crippen LogP contribution is 2.33. The van der Waals surface area contributed by atoms with Crippen LogP contribution in [0.25, 0.3) is 22.2 Å². The lowest BCUT2D eigenvalue weighted by molar-refractivity contribution is 1.33. The summed E-state index contributed by atoms with van der Waals surface area (Å²) in [5.41, 5.74) is 7.55. The Morgan fingerprint density at radius 3 is 2.46 bits per heavy atom. The van der Waals surface area contributed by atoms with E-state index in [1.807, 2.05) is 48.7 Å². The third-order valence-electron chi connectivity index (χ3n) is 4.72. The third kappa shape index (κ3) is 3.04. The van der Waals surface area contributed by atoms with Crippen molar-refractivity contribution in [2.24, 2.45) is 4.99 Å². The number of nitrogens with zero attached hydrogens (tertiary/aromatic N) is 1. The molecular formula is C23H19ClN2. The smallest absolute Gasteiger partial charge is 0.0632 e. The van der Waals surface area contributed by atoms with Crippen LogP contribution in [0.3, 0.4) is 0 Å². The average Bonchev–Trinajstić information content (AvgIpc) is 3.01. The zero-order valence-corrected chi connectivity index (χ0v) is 15.5. The molecule has 0 aliphatic carbocycles. The number of halogens is 1. The van der Waals surface area contributed by atoms with Gasteiger partial charge in [0, 0.05) is 33.3 Å². The Labute approximate surface area is 158 Å². The number of H-pyrrole nitrogens is 1. The van der Waals surface area contributed by atoms with E-state index >= 15 is 0 Å². The summed E-state index contributed by atoms with van der Waals surface area (Å²) in [6.07, 6.45) is 1.93. The highest BCUT2D eigenvalue weighted by molar-refractivity contribution is 6.33. The van der Waals surface area contributed by atoms with Gasteiger partial charge in [-0.25, -0.2) is 0 Å². The van der Waals surface area contributed by atoms with Crippen LogP contribution in [0.1, 0.15) is 16.7 Å². The summed E-state index contributed by atoms with van der Waals surface area (Å²) in [5.74, 6) is 0. The number of benzene rings is 3. The van der Waals surface area contributed by atoms with Crippen LogP contribution in [-0.4, -0.2) is 11.2 Å². The number of aryl methyl sites for hydroxylation is 2. The van der Waals surface area contributed by atoms with E-state index in [9.17, 15) is 0 Å². The first-order chi connectivity index (χ1) is 12.6. The van der Waals surface area contributed by atoms with Gasteiger partial charge in [-0.1, -0.05) is 54.1 Å². The predicted molar refractivity (Wildman–Crippen MR) is 112 cm³/mol. The highest BCUT2D eigenvalue weighted by atomic mass is 35.5. The van der Waals surface area contributed by atoms with Gasteiger partial charge in [0.1, 0.15) is 0 Å². The normalized spacial score (nSPS) is 11.5. The van der Waals surface area contributed by atoms with Crippen molar-refractivity contribution in [2.75, 3.05) is 0 Å². The molecule has 0 atom stereocenters. The minimum atomic E-state index is 0.722. The quantitative estimate of drug-likeness (QED) is 0.388. The fraction of sp³-hybridized carbons (Fsp3) is 0.0870. The largest absolute Gasteiger partial charge is 0.354 e. The fourth-order valence-electron chi connectivity index (χ4n) is 3.12. The molecule has 0 aliphatic heterocycles. The van der Waals surface area contributed by atoms with Crippen LogP contribution in [0, 0.1) is 13.8 Å². The van der Waals surface area contributed by atoms with Gasteiger partial charge in [0.25, 0.3) is 0 Å². The van der Waals surface area contributed by atoms with Gasteiger partial charge in [0.15, 0.2) is 0 Å². The molecule has 0 saturated heterocycles. The zero-order chi connectivity index (χ0) is 18.1. The number of hydrogen-bond donors (Lipinski definition) is 1. The van der Waals surface area contributed by atoms with E-state index in [0.29, 0.717) is 0 Å². The van der Waals surface area contributed by atoms with Crippen molar-refractivity contribution in [3.63, 3.8) is 0 Å². The Bertz CT molecular complexity index is 1120. The number of rotatable bonds is 3. The molecular weight excluding hydrogens is 340 g/mol. The van der Waals surface area contributed by atoms with Gasteiger partial charge >= 0.3 is 0 Å². The molecule has 4 rings (SSSR count). The molecule has 2 nitrogen and oxygen atoms in total. The standard InChI is InChI=1S/C23H19ClN2/c1-15-11-12-17(13-16(15)2)25-14-20-18-7-4-6-10-22(18)26-23(20)19-8-3-5-9-21(19)24/h3-14,26H,1-2H3. The van der Waals surface area contributed by atoms with Crippen LogP contribution in [0.5, 0.6) is 0 Å². The Morgan fingerprint density at radius 1 is 0.885 bits per heavy atom. The average molecular weight is 359 g/mol. The molecule has 1 N–H and O–H groups in total. The molecule has 0 spiro atoms. The van der Waals surface area contributed by atoms with Gasteiger partial charge in [0.2, 0.25) is 0 Å². The molecule has 1 aromatic heterocycles. The second-order valence-corrected chi connectivity index (χ2v) is 6.87. The molecule has 0 amide bonds. The lowest BCUT2D eigenvalue weighted by Crippen LogP contribution is -1.87. The molecule has 1 heterocycles. The maximum atomic E-state index is 6.45.